The van der Waals surface area contributed by atoms with E-state index in [1.807, 2.05) is 23.1 Å². The first kappa shape index (κ1) is 15.4. The number of carbonyl (C=O) groups excluding carboxylic acids is 2. The van der Waals surface area contributed by atoms with E-state index in [4.69, 9.17) is 0 Å². The molecule has 2 heterocycles. The third-order valence-electron chi connectivity index (χ3n) is 4.17. The zero-order valence-corrected chi connectivity index (χ0v) is 13.3. The molecule has 2 fully saturated rings. The van der Waals surface area contributed by atoms with Crippen LogP contribution in [-0.4, -0.2) is 54.0 Å². The summed E-state index contributed by atoms with van der Waals surface area (Å²) in [5.41, 5.74) is 0.676. The lowest BCUT2D eigenvalue weighted by atomic mass is 10.0. The molecule has 2 aliphatic rings. The Bertz CT molecular complexity index is 531. The number of amides is 2. The van der Waals surface area contributed by atoms with Crippen molar-refractivity contribution >= 4 is 23.6 Å². The Labute approximate surface area is 134 Å². The fraction of sp³-hybridized carbons (Fsp3) is 0.500. The second-order valence-corrected chi connectivity index (χ2v) is 6.85. The maximum Gasteiger partial charge on any atom is 0.251 e. The van der Waals surface area contributed by atoms with Gasteiger partial charge in [-0.25, -0.2) is 0 Å². The van der Waals surface area contributed by atoms with E-state index in [2.05, 4.69) is 10.6 Å². The van der Waals surface area contributed by atoms with Crippen molar-refractivity contribution in [1.82, 2.24) is 15.5 Å². The monoisotopic (exact) mass is 319 g/mol. The maximum atomic E-state index is 12.3. The average Bonchev–Trinajstić information content (AvgIpc) is 3.24. The second-order valence-electron chi connectivity index (χ2n) is 5.78. The summed E-state index contributed by atoms with van der Waals surface area (Å²) in [5, 5.41) is 6.26. The predicted molar refractivity (Wildman–Crippen MR) is 87.7 cm³/mol. The molecule has 0 aromatic heterocycles. The minimum atomic E-state index is -0.0858. The molecule has 0 radical (unpaired) electrons. The molecule has 0 saturated carbocycles. The highest BCUT2D eigenvalue weighted by molar-refractivity contribution is 7.99. The van der Waals surface area contributed by atoms with Gasteiger partial charge in [0.1, 0.15) is 0 Å². The molecule has 1 unspecified atom stereocenters. The van der Waals surface area contributed by atoms with Gasteiger partial charge in [-0.2, -0.15) is 0 Å². The Balaban J connectivity index is 1.45. The van der Waals surface area contributed by atoms with E-state index in [0.717, 1.165) is 31.1 Å². The van der Waals surface area contributed by atoms with Gasteiger partial charge in [0.15, 0.2) is 0 Å². The summed E-state index contributed by atoms with van der Waals surface area (Å²) in [6.45, 7) is 2.25. The summed E-state index contributed by atoms with van der Waals surface area (Å²) in [6.07, 6.45) is 0.801. The first-order valence-electron chi connectivity index (χ1n) is 7.67. The van der Waals surface area contributed by atoms with E-state index < -0.39 is 0 Å². The van der Waals surface area contributed by atoms with Gasteiger partial charge in [-0.15, -0.1) is 11.8 Å². The molecule has 0 aliphatic carbocycles. The van der Waals surface area contributed by atoms with Gasteiger partial charge in [-0.3, -0.25) is 9.59 Å². The van der Waals surface area contributed by atoms with Gasteiger partial charge in [-0.05, 0) is 24.5 Å². The normalized spacial score (nSPS) is 24.5. The van der Waals surface area contributed by atoms with Crippen LogP contribution >= 0.6 is 11.8 Å². The SMILES string of the molecule is O=C(NCC1CN[C@H](C(=O)N2CCSC2)C1)c1ccccc1. The topological polar surface area (TPSA) is 61.4 Å². The first-order chi connectivity index (χ1) is 10.7. The van der Waals surface area contributed by atoms with Crippen LogP contribution in [-0.2, 0) is 4.79 Å². The zero-order chi connectivity index (χ0) is 15.4. The Morgan fingerprint density at radius 3 is 2.86 bits per heavy atom. The lowest BCUT2D eigenvalue weighted by Crippen LogP contribution is -2.42. The molecular weight excluding hydrogens is 298 g/mol. The molecular formula is C16H21N3O2S. The predicted octanol–water partition coefficient (Wildman–Crippen LogP) is 0.927. The smallest absolute Gasteiger partial charge is 0.251 e. The summed E-state index contributed by atoms with van der Waals surface area (Å²) >= 11 is 1.80. The van der Waals surface area contributed by atoms with Gasteiger partial charge >= 0.3 is 0 Å². The first-order valence-corrected chi connectivity index (χ1v) is 8.82. The Morgan fingerprint density at radius 1 is 1.32 bits per heavy atom. The number of hydrogen-bond donors (Lipinski definition) is 2. The lowest BCUT2D eigenvalue weighted by Gasteiger charge is -2.19. The van der Waals surface area contributed by atoms with Crippen molar-refractivity contribution in [3.05, 3.63) is 35.9 Å². The summed E-state index contributed by atoms with van der Waals surface area (Å²) in [4.78, 5) is 26.3. The highest BCUT2D eigenvalue weighted by Crippen LogP contribution is 2.20. The van der Waals surface area contributed by atoms with Gasteiger partial charge in [0.25, 0.3) is 5.91 Å². The molecule has 3 rings (SSSR count). The van der Waals surface area contributed by atoms with Gasteiger partial charge in [-0.1, -0.05) is 18.2 Å². The van der Waals surface area contributed by atoms with Gasteiger partial charge in [0, 0.05) is 31.0 Å². The van der Waals surface area contributed by atoms with Crippen LogP contribution in [0.15, 0.2) is 30.3 Å². The fourth-order valence-electron chi connectivity index (χ4n) is 2.89. The van der Waals surface area contributed by atoms with E-state index >= 15 is 0 Å². The molecule has 2 saturated heterocycles. The summed E-state index contributed by atoms with van der Waals surface area (Å²) in [6, 6.07) is 9.13. The molecule has 2 atom stereocenters. The van der Waals surface area contributed by atoms with E-state index in [1.54, 1.807) is 23.9 Å². The van der Waals surface area contributed by atoms with Crippen LogP contribution in [0.5, 0.6) is 0 Å². The molecule has 22 heavy (non-hydrogen) atoms. The van der Waals surface area contributed by atoms with Crippen LogP contribution in [0.3, 0.4) is 0 Å². The zero-order valence-electron chi connectivity index (χ0n) is 12.5. The van der Waals surface area contributed by atoms with E-state index in [0.29, 0.717) is 18.0 Å². The molecule has 1 aromatic carbocycles. The third-order valence-corrected chi connectivity index (χ3v) is 5.14. The Kier molecular flexibility index (Phi) is 5.00. The van der Waals surface area contributed by atoms with Crippen LogP contribution in [0.1, 0.15) is 16.8 Å². The van der Waals surface area contributed by atoms with Crippen molar-refractivity contribution in [2.75, 3.05) is 31.3 Å². The number of rotatable bonds is 4. The van der Waals surface area contributed by atoms with Crippen molar-refractivity contribution in [2.24, 2.45) is 5.92 Å². The molecule has 2 amide bonds. The van der Waals surface area contributed by atoms with Gasteiger partial charge < -0.3 is 15.5 Å². The van der Waals surface area contributed by atoms with Crippen molar-refractivity contribution in [3.8, 4) is 0 Å². The fourth-order valence-corrected chi connectivity index (χ4v) is 3.84. The number of nitrogens with one attached hydrogen (secondary N) is 2. The van der Waals surface area contributed by atoms with Crippen LogP contribution < -0.4 is 10.6 Å². The molecule has 6 heteroatoms. The Hall–Kier alpha value is -1.53. The number of benzene rings is 1. The summed E-state index contributed by atoms with van der Waals surface area (Å²) in [7, 11) is 0. The largest absolute Gasteiger partial charge is 0.352 e. The molecule has 5 nitrogen and oxygen atoms in total. The minimum absolute atomic E-state index is 0.0497. The van der Waals surface area contributed by atoms with Gasteiger partial charge in [0.05, 0.1) is 11.9 Å². The van der Waals surface area contributed by atoms with Crippen molar-refractivity contribution < 1.29 is 9.59 Å². The van der Waals surface area contributed by atoms with Gasteiger partial charge in [0.2, 0.25) is 5.91 Å². The summed E-state index contributed by atoms with van der Waals surface area (Å²) in [5.74, 6) is 2.33. The molecule has 2 N–H and O–H groups in total. The van der Waals surface area contributed by atoms with Crippen molar-refractivity contribution in [3.63, 3.8) is 0 Å². The Morgan fingerprint density at radius 2 is 2.14 bits per heavy atom. The van der Waals surface area contributed by atoms with E-state index in [9.17, 15) is 9.59 Å². The van der Waals surface area contributed by atoms with Crippen molar-refractivity contribution in [2.45, 2.75) is 12.5 Å². The number of thioether (sulfide) groups is 1. The molecule has 2 aliphatic heterocycles. The van der Waals surface area contributed by atoms with E-state index in [-0.39, 0.29) is 17.9 Å². The molecule has 118 valence electrons. The van der Waals surface area contributed by atoms with Crippen LogP contribution in [0.4, 0.5) is 0 Å². The summed E-state index contributed by atoms with van der Waals surface area (Å²) < 4.78 is 0. The minimum Gasteiger partial charge on any atom is -0.352 e. The standard InChI is InChI=1S/C16H21N3O2S/c20-15(13-4-2-1-3-5-13)18-10-12-8-14(17-9-12)16(21)19-6-7-22-11-19/h1-5,12,14,17H,6-11H2,(H,18,20)/t12?,14-/m0/s1. The highest BCUT2D eigenvalue weighted by atomic mass is 32.2. The maximum absolute atomic E-state index is 12.3. The second kappa shape index (κ2) is 7.15. The number of hydrogen-bond acceptors (Lipinski definition) is 4. The van der Waals surface area contributed by atoms with Crippen LogP contribution in [0.25, 0.3) is 0 Å². The molecule has 1 aromatic rings. The quantitative estimate of drug-likeness (QED) is 0.867. The molecule has 0 spiro atoms. The number of nitrogens with zero attached hydrogens (tertiary/aromatic N) is 1. The van der Waals surface area contributed by atoms with E-state index in [1.165, 1.54) is 0 Å². The third kappa shape index (κ3) is 3.62. The highest BCUT2D eigenvalue weighted by Gasteiger charge is 2.33. The lowest BCUT2D eigenvalue weighted by molar-refractivity contribution is -0.131. The molecule has 0 bridgehead atoms. The van der Waals surface area contributed by atoms with Crippen LogP contribution in [0, 0.1) is 5.92 Å². The number of carbonyl (C=O) groups is 2. The average molecular weight is 319 g/mol. The van der Waals surface area contributed by atoms with Crippen LogP contribution in [0.2, 0.25) is 0 Å². The van der Waals surface area contributed by atoms with Crippen molar-refractivity contribution in [1.29, 1.82) is 0 Å².